The number of carboxylic acid groups (broad SMARTS) is 1. The molecule has 0 amide bonds. The van der Waals surface area contributed by atoms with Crippen molar-refractivity contribution in [3.8, 4) is 0 Å². The third kappa shape index (κ3) is 1.84. The third-order valence-corrected chi connectivity index (χ3v) is 2.72. The molecule has 74 valence electrons. The van der Waals surface area contributed by atoms with E-state index in [2.05, 4.69) is 0 Å². The second kappa shape index (κ2) is 3.64. The Labute approximate surface area is 76.8 Å². The van der Waals surface area contributed by atoms with E-state index in [1.165, 1.54) is 6.42 Å². The number of aliphatic carboxylic acids is 1. The van der Waals surface area contributed by atoms with Crippen molar-refractivity contribution in [1.82, 2.24) is 0 Å². The minimum absolute atomic E-state index is 0.0172. The highest BCUT2D eigenvalue weighted by Gasteiger charge is 2.36. The highest BCUT2D eigenvalue weighted by Crippen LogP contribution is 2.28. The van der Waals surface area contributed by atoms with E-state index in [4.69, 9.17) is 14.6 Å². The standard InChI is InChI=1S/C9H14O4/c10-9(11)8-5-12-6-3-1-2-4-7(6)13-8/h6-8H,1-5H2,(H,10,11)/t6-,7-,8-/m0/s1. The minimum atomic E-state index is -0.913. The van der Waals surface area contributed by atoms with Crippen LogP contribution in [0.15, 0.2) is 0 Å². The van der Waals surface area contributed by atoms with E-state index in [9.17, 15) is 4.79 Å². The van der Waals surface area contributed by atoms with Gasteiger partial charge in [-0.2, -0.15) is 0 Å². The zero-order valence-corrected chi connectivity index (χ0v) is 7.44. The fourth-order valence-electron chi connectivity index (χ4n) is 2.00. The summed E-state index contributed by atoms with van der Waals surface area (Å²) in [5.41, 5.74) is 0. The smallest absolute Gasteiger partial charge is 0.335 e. The summed E-state index contributed by atoms with van der Waals surface area (Å²) in [6, 6.07) is 0. The Kier molecular flexibility index (Phi) is 2.51. The van der Waals surface area contributed by atoms with Gasteiger partial charge in [-0.25, -0.2) is 4.79 Å². The molecule has 0 aromatic carbocycles. The maximum absolute atomic E-state index is 10.6. The van der Waals surface area contributed by atoms with Gasteiger partial charge in [0.25, 0.3) is 0 Å². The quantitative estimate of drug-likeness (QED) is 0.658. The molecule has 1 N–H and O–H groups in total. The second-order valence-electron chi connectivity index (χ2n) is 3.66. The van der Waals surface area contributed by atoms with Gasteiger partial charge in [0.2, 0.25) is 0 Å². The molecule has 0 radical (unpaired) electrons. The number of hydrogen-bond donors (Lipinski definition) is 1. The summed E-state index contributed by atoms with van der Waals surface area (Å²) in [7, 11) is 0. The molecule has 0 unspecified atom stereocenters. The first-order valence-electron chi connectivity index (χ1n) is 4.77. The normalized spacial score (nSPS) is 39.5. The fraction of sp³-hybridized carbons (Fsp3) is 0.889. The van der Waals surface area contributed by atoms with Crippen molar-refractivity contribution in [3.05, 3.63) is 0 Å². The molecule has 2 fully saturated rings. The molecule has 1 saturated heterocycles. The number of ether oxygens (including phenoxy) is 2. The van der Waals surface area contributed by atoms with E-state index in [-0.39, 0.29) is 18.8 Å². The molecule has 0 aromatic rings. The SMILES string of the molecule is O=C(O)[C@@H]1CO[C@H]2CCCC[C@@H]2O1. The third-order valence-electron chi connectivity index (χ3n) is 2.72. The van der Waals surface area contributed by atoms with Crippen LogP contribution < -0.4 is 0 Å². The van der Waals surface area contributed by atoms with E-state index in [0.717, 1.165) is 19.3 Å². The predicted molar refractivity (Wildman–Crippen MR) is 44.5 cm³/mol. The van der Waals surface area contributed by atoms with Crippen molar-refractivity contribution in [3.63, 3.8) is 0 Å². The molecule has 4 heteroatoms. The summed E-state index contributed by atoms with van der Waals surface area (Å²) >= 11 is 0. The molecular weight excluding hydrogens is 172 g/mol. The summed E-state index contributed by atoms with van der Waals surface area (Å²) in [5, 5.41) is 8.72. The van der Waals surface area contributed by atoms with Crippen LogP contribution in [0.25, 0.3) is 0 Å². The average molecular weight is 186 g/mol. The van der Waals surface area contributed by atoms with Crippen molar-refractivity contribution in [2.45, 2.75) is 44.0 Å². The zero-order chi connectivity index (χ0) is 9.26. The fourth-order valence-corrected chi connectivity index (χ4v) is 2.00. The van der Waals surface area contributed by atoms with Gasteiger partial charge in [0.1, 0.15) is 0 Å². The molecule has 1 aliphatic carbocycles. The largest absolute Gasteiger partial charge is 0.479 e. The number of hydrogen-bond acceptors (Lipinski definition) is 3. The maximum Gasteiger partial charge on any atom is 0.335 e. The summed E-state index contributed by atoms with van der Waals surface area (Å²) < 4.78 is 10.9. The molecular formula is C9H14O4. The van der Waals surface area contributed by atoms with Crippen LogP contribution in [-0.2, 0) is 14.3 Å². The van der Waals surface area contributed by atoms with Gasteiger partial charge >= 0.3 is 5.97 Å². The van der Waals surface area contributed by atoms with Crippen LogP contribution in [0.1, 0.15) is 25.7 Å². The highest BCUT2D eigenvalue weighted by molar-refractivity contribution is 5.72. The summed E-state index contributed by atoms with van der Waals surface area (Å²) in [6.45, 7) is 0.205. The van der Waals surface area contributed by atoms with Crippen molar-refractivity contribution >= 4 is 5.97 Å². The van der Waals surface area contributed by atoms with E-state index >= 15 is 0 Å². The van der Waals surface area contributed by atoms with E-state index in [1.54, 1.807) is 0 Å². The van der Waals surface area contributed by atoms with Crippen molar-refractivity contribution in [1.29, 1.82) is 0 Å². The van der Waals surface area contributed by atoms with Gasteiger partial charge in [0.15, 0.2) is 6.10 Å². The Bertz CT molecular complexity index is 204. The number of rotatable bonds is 1. The number of fused-ring (bicyclic) bond motifs is 1. The van der Waals surface area contributed by atoms with Crippen LogP contribution in [0.4, 0.5) is 0 Å². The molecule has 2 aliphatic rings. The van der Waals surface area contributed by atoms with Crippen molar-refractivity contribution in [2.75, 3.05) is 6.61 Å². The number of carbonyl (C=O) groups is 1. The van der Waals surface area contributed by atoms with Gasteiger partial charge in [0.05, 0.1) is 18.8 Å². The first kappa shape index (κ1) is 8.97. The summed E-state index contributed by atoms with van der Waals surface area (Å²) in [4.78, 5) is 10.6. The molecule has 1 aliphatic heterocycles. The van der Waals surface area contributed by atoms with Crippen molar-refractivity contribution < 1.29 is 19.4 Å². The van der Waals surface area contributed by atoms with Crippen LogP contribution in [-0.4, -0.2) is 36.0 Å². The second-order valence-corrected chi connectivity index (χ2v) is 3.66. The van der Waals surface area contributed by atoms with Crippen LogP contribution in [0.2, 0.25) is 0 Å². The van der Waals surface area contributed by atoms with Gasteiger partial charge in [-0.1, -0.05) is 12.8 Å². The summed E-state index contributed by atoms with van der Waals surface area (Å²) in [5.74, 6) is -0.913. The summed E-state index contributed by atoms with van der Waals surface area (Å²) in [6.07, 6.45) is 3.65. The lowest BCUT2D eigenvalue weighted by atomic mass is 9.93. The molecule has 2 rings (SSSR count). The topological polar surface area (TPSA) is 55.8 Å². The maximum atomic E-state index is 10.6. The van der Waals surface area contributed by atoms with Gasteiger partial charge in [-0.15, -0.1) is 0 Å². The van der Waals surface area contributed by atoms with E-state index in [0.29, 0.717) is 0 Å². The first-order chi connectivity index (χ1) is 6.27. The minimum Gasteiger partial charge on any atom is -0.479 e. The highest BCUT2D eigenvalue weighted by atomic mass is 16.6. The molecule has 1 heterocycles. The molecule has 0 aromatic heterocycles. The molecule has 0 spiro atoms. The monoisotopic (exact) mass is 186 g/mol. The molecule has 0 bridgehead atoms. The lowest BCUT2D eigenvalue weighted by Gasteiger charge is -2.37. The van der Waals surface area contributed by atoms with Gasteiger partial charge in [0, 0.05) is 0 Å². The molecule has 1 saturated carbocycles. The van der Waals surface area contributed by atoms with Gasteiger partial charge in [-0.05, 0) is 12.8 Å². The first-order valence-corrected chi connectivity index (χ1v) is 4.77. The zero-order valence-electron chi connectivity index (χ0n) is 7.44. The Morgan fingerprint density at radius 2 is 1.92 bits per heavy atom. The van der Waals surface area contributed by atoms with Crippen LogP contribution in [0.5, 0.6) is 0 Å². The number of carboxylic acids is 1. The Balaban J connectivity index is 1.95. The lowest BCUT2D eigenvalue weighted by Crippen LogP contribution is -2.47. The van der Waals surface area contributed by atoms with E-state index < -0.39 is 12.1 Å². The van der Waals surface area contributed by atoms with Crippen LogP contribution in [0, 0.1) is 0 Å². The lowest BCUT2D eigenvalue weighted by molar-refractivity contribution is -0.205. The Morgan fingerprint density at radius 1 is 1.23 bits per heavy atom. The van der Waals surface area contributed by atoms with E-state index in [1.807, 2.05) is 0 Å². The predicted octanol–water partition coefficient (Wildman–Crippen LogP) is 0.798. The Morgan fingerprint density at radius 3 is 2.62 bits per heavy atom. The van der Waals surface area contributed by atoms with Crippen molar-refractivity contribution in [2.24, 2.45) is 0 Å². The Hall–Kier alpha value is -0.610. The average Bonchev–Trinajstić information content (AvgIpc) is 2.17. The van der Waals surface area contributed by atoms with Gasteiger partial charge in [-0.3, -0.25) is 0 Å². The van der Waals surface area contributed by atoms with Crippen LogP contribution in [0.3, 0.4) is 0 Å². The van der Waals surface area contributed by atoms with Gasteiger partial charge < -0.3 is 14.6 Å². The van der Waals surface area contributed by atoms with Crippen LogP contribution >= 0.6 is 0 Å². The molecule has 3 atom stereocenters. The molecule has 13 heavy (non-hydrogen) atoms. The molecule has 4 nitrogen and oxygen atoms in total.